The number of hydrogen-bond donors (Lipinski definition) is 2. The van der Waals surface area contributed by atoms with Crippen LogP contribution in [0, 0.1) is 0 Å². The van der Waals surface area contributed by atoms with Crippen LogP contribution in [0.2, 0.25) is 0 Å². The standard InChI is InChI=1S/C22H27N3O2/c1-25(16-17-8-3-2-4-9-17)22(27)23-15-14-21(26)24-20-13-7-11-18-10-5-6-12-19(18)20/h2-4,7-9,11,13H,5-6,10,12,14-16H2,1H3,(H,23,27)(H,24,26). The van der Waals surface area contributed by atoms with E-state index in [-0.39, 0.29) is 18.4 Å². The van der Waals surface area contributed by atoms with E-state index in [4.69, 9.17) is 0 Å². The molecule has 0 aromatic heterocycles. The molecule has 0 unspecified atom stereocenters. The number of hydrogen-bond acceptors (Lipinski definition) is 2. The maximum absolute atomic E-state index is 12.3. The molecule has 2 N–H and O–H groups in total. The van der Waals surface area contributed by atoms with E-state index in [0.29, 0.717) is 13.1 Å². The van der Waals surface area contributed by atoms with Crippen LogP contribution < -0.4 is 10.6 Å². The molecule has 0 saturated carbocycles. The lowest BCUT2D eigenvalue weighted by Gasteiger charge is -2.20. The summed E-state index contributed by atoms with van der Waals surface area (Å²) >= 11 is 0. The van der Waals surface area contributed by atoms with Crippen LogP contribution >= 0.6 is 0 Å². The molecule has 0 saturated heterocycles. The number of nitrogens with one attached hydrogen (secondary N) is 2. The van der Waals surface area contributed by atoms with Gasteiger partial charge < -0.3 is 15.5 Å². The largest absolute Gasteiger partial charge is 0.337 e. The Morgan fingerprint density at radius 2 is 1.78 bits per heavy atom. The maximum Gasteiger partial charge on any atom is 0.317 e. The predicted octanol–water partition coefficient (Wildman–Crippen LogP) is 3.74. The molecule has 1 aliphatic rings. The minimum absolute atomic E-state index is 0.0695. The molecule has 0 aliphatic heterocycles. The van der Waals surface area contributed by atoms with E-state index in [1.807, 2.05) is 42.5 Å². The highest BCUT2D eigenvalue weighted by molar-refractivity contribution is 5.92. The first-order valence-electron chi connectivity index (χ1n) is 9.57. The third kappa shape index (κ3) is 5.33. The zero-order valence-electron chi connectivity index (χ0n) is 15.8. The highest BCUT2D eigenvalue weighted by Gasteiger charge is 2.15. The minimum atomic E-state index is -0.177. The lowest BCUT2D eigenvalue weighted by Crippen LogP contribution is -2.38. The van der Waals surface area contributed by atoms with Crippen LogP contribution in [0.15, 0.2) is 48.5 Å². The van der Waals surface area contributed by atoms with Crippen molar-refractivity contribution in [3.8, 4) is 0 Å². The fourth-order valence-corrected chi connectivity index (χ4v) is 3.46. The molecule has 0 bridgehead atoms. The molecule has 3 rings (SSSR count). The number of anilines is 1. The van der Waals surface area contributed by atoms with Gasteiger partial charge in [-0.1, -0.05) is 42.5 Å². The Morgan fingerprint density at radius 3 is 2.59 bits per heavy atom. The Kier molecular flexibility index (Phi) is 6.47. The molecule has 0 radical (unpaired) electrons. The number of fused-ring (bicyclic) bond motifs is 1. The maximum atomic E-state index is 12.3. The Bertz CT molecular complexity index is 789. The van der Waals surface area contributed by atoms with Gasteiger partial charge in [0.15, 0.2) is 0 Å². The summed E-state index contributed by atoms with van der Waals surface area (Å²) < 4.78 is 0. The van der Waals surface area contributed by atoms with Gasteiger partial charge in [-0.05, 0) is 48.4 Å². The van der Waals surface area contributed by atoms with Crippen molar-refractivity contribution in [2.75, 3.05) is 18.9 Å². The van der Waals surface area contributed by atoms with Gasteiger partial charge in [0.1, 0.15) is 0 Å². The molecule has 0 heterocycles. The zero-order valence-corrected chi connectivity index (χ0v) is 15.8. The van der Waals surface area contributed by atoms with Crippen molar-refractivity contribution in [2.45, 2.75) is 38.6 Å². The monoisotopic (exact) mass is 365 g/mol. The van der Waals surface area contributed by atoms with Crippen LogP contribution in [-0.2, 0) is 24.2 Å². The van der Waals surface area contributed by atoms with Crippen molar-refractivity contribution in [2.24, 2.45) is 0 Å². The van der Waals surface area contributed by atoms with E-state index in [1.165, 1.54) is 24.0 Å². The quantitative estimate of drug-likeness (QED) is 0.819. The summed E-state index contributed by atoms with van der Waals surface area (Å²) in [6.07, 6.45) is 4.75. The highest BCUT2D eigenvalue weighted by Crippen LogP contribution is 2.27. The number of amides is 3. The molecule has 5 heteroatoms. The lowest BCUT2D eigenvalue weighted by atomic mass is 9.90. The van der Waals surface area contributed by atoms with Gasteiger partial charge in [0.2, 0.25) is 5.91 Å². The molecule has 27 heavy (non-hydrogen) atoms. The molecule has 2 aromatic rings. The topological polar surface area (TPSA) is 61.4 Å². The Hall–Kier alpha value is -2.82. The number of aryl methyl sites for hydroxylation is 1. The van der Waals surface area contributed by atoms with Crippen LogP contribution in [0.25, 0.3) is 0 Å². The third-order valence-corrected chi connectivity index (χ3v) is 4.91. The van der Waals surface area contributed by atoms with Gasteiger partial charge in [-0.25, -0.2) is 4.79 Å². The molecule has 0 spiro atoms. The molecule has 142 valence electrons. The van der Waals surface area contributed by atoms with Gasteiger partial charge in [0.25, 0.3) is 0 Å². The van der Waals surface area contributed by atoms with Crippen molar-refractivity contribution in [3.05, 3.63) is 65.2 Å². The smallest absolute Gasteiger partial charge is 0.317 e. The predicted molar refractivity (Wildman–Crippen MR) is 108 cm³/mol. The van der Waals surface area contributed by atoms with Crippen molar-refractivity contribution in [1.29, 1.82) is 0 Å². The van der Waals surface area contributed by atoms with Crippen LogP contribution in [-0.4, -0.2) is 30.4 Å². The number of urea groups is 1. The number of benzene rings is 2. The van der Waals surface area contributed by atoms with Crippen LogP contribution in [0.3, 0.4) is 0 Å². The van der Waals surface area contributed by atoms with E-state index in [2.05, 4.69) is 16.7 Å². The van der Waals surface area contributed by atoms with Crippen LogP contribution in [0.1, 0.15) is 36.0 Å². The van der Waals surface area contributed by atoms with E-state index in [1.54, 1.807) is 11.9 Å². The molecule has 3 amide bonds. The molecular weight excluding hydrogens is 338 g/mol. The van der Waals surface area contributed by atoms with E-state index in [0.717, 1.165) is 24.1 Å². The van der Waals surface area contributed by atoms with Crippen molar-refractivity contribution in [1.82, 2.24) is 10.2 Å². The fourth-order valence-electron chi connectivity index (χ4n) is 3.46. The lowest BCUT2D eigenvalue weighted by molar-refractivity contribution is -0.116. The molecule has 0 atom stereocenters. The summed E-state index contributed by atoms with van der Waals surface area (Å²) in [5, 5.41) is 5.82. The summed E-state index contributed by atoms with van der Waals surface area (Å²) in [5.41, 5.74) is 4.60. The van der Waals surface area contributed by atoms with Gasteiger partial charge in [-0.3, -0.25) is 4.79 Å². The number of carbonyl (C=O) groups excluding carboxylic acids is 2. The van der Waals surface area contributed by atoms with E-state index < -0.39 is 0 Å². The second kappa shape index (κ2) is 9.21. The van der Waals surface area contributed by atoms with Gasteiger partial charge in [-0.15, -0.1) is 0 Å². The fraction of sp³-hybridized carbons (Fsp3) is 0.364. The average molecular weight is 365 g/mol. The highest BCUT2D eigenvalue weighted by atomic mass is 16.2. The van der Waals surface area contributed by atoms with Crippen molar-refractivity contribution in [3.63, 3.8) is 0 Å². The third-order valence-electron chi connectivity index (χ3n) is 4.91. The zero-order chi connectivity index (χ0) is 19.1. The Balaban J connectivity index is 1.44. The van der Waals surface area contributed by atoms with Gasteiger partial charge in [0.05, 0.1) is 0 Å². The molecule has 2 aromatic carbocycles. The van der Waals surface area contributed by atoms with Gasteiger partial charge in [0, 0.05) is 32.2 Å². The van der Waals surface area contributed by atoms with Crippen LogP contribution in [0.4, 0.5) is 10.5 Å². The van der Waals surface area contributed by atoms with Crippen molar-refractivity contribution < 1.29 is 9.59 Å². The second-order valence-electron chi connectivity index (χ2n) is 7.02. The molecule has 1 aliphatic carbocycles. The first-order valence-corrected chi connectivity index (χ1v) is 9.57. The van der Waals surface area contributed by atoms with E-state index >= 15 is 0 Å². The number of nitrogens with zero attached hydrogens (tertiary/aromatic N) is 1. The summed E-state index contributed by atoms with van der Waals surface area (Å²) in [5.74, 6) is -0.0695. The summed E-state index contributed by atoms with van der Waals surface area (Å²) in [6.45, 7) is 0.855. The summed E-state index contributed by atoms with van der Waals surface area (Å²) in [7, 11) is 1.75. The normalized spacial score (nSPS) is 12.8. The molecule has 5 nitrogen and oxygen atoms in total. The summed E-state index contributed by atoms with van der Waals surface area (Å²) in [6, 6.07) is 15.8. The SMILES string of the molecule is CN(Cc1ccccc1)C(=O)NCCC(=O)Nc1cccc2c1CCCC2. The van der Waals surface area contributed by atoms with Gasteiger partial charge >= 0.3 is 6.03 Å². The average Bonchev–Trinajstić information content (AvgIpc) is 2.69. The Morgan fingerprint density at radius 1 is 1.00 bits per heavy atom. The number of carbonyl (C=O) groups is 2. The first-order chi connectivity index (χ1) is 13.1. The minimum Gasteiger partial charge on any atom is -0.337 e. The first kappa shape index (κ1) is 19.0. The number of rotatable bonds is 6. The molecule has 0 fully saturated rings. The van der Waals surface area contributed by atoms with Crippen molar-refractivity contribution >= 4 is 17.6 Å². The van der Waals surface area contributed by atoms with Gasteiger partial charge in [-0.2, -0.15) is 0 Å². The summed E-state index contributed by atoms with van der Waals surface area (Å²) in [4.78, 5) is 26.0. The Labute approximate surface area is 160 Å². The second-order valence-corrected chi connectivity index (χ2v) is 7.02. The van der Waals surface area contributed by atoms with Crippen LogP contribution in [0.5, 0.6) is 0 Å². The molecular formula is C22H27N3O2. The van der Waals surface area contributed by atoms with E-state index in [9.17, 15) is 9.59 Å².